The normalized spacial score (nSPS) is 10.6. The van der Waals surface area contributed by atoms with Gasteiger partial charge in [-0.1, -0.05) is 0 Å². The highest BCUT2D eigenvalue weighted by Gasteiger charge is 2.18. The second-order valence-electron chi connectivity index (χ2n) is 4.57. The van der Waals surface area contributed by atoms with Gasteiger partial charge in [0.05, 0.1) is 11.2 Å². The van der Waals surface area contributed by atoms with Crippen molar-refractivity contribution in [3.8, 4) is 0 Å². The van der Waals surface area contributed by atoms with Gasteiger partial charge in [-0.05, 0) is 36.4 Å². The summed E-state index contributed by atoms with van der Waals surface area (Å²) in [6.07, 6.45) is 4.66. The first kappa shape index (κ1) is 13.2. The van der Waals surface area contributed by atoms with Gasteiger partial charge < -0.3 is 4.90 Å². The third kappa shape index (κ3) is 2.33. The first-order valence-corrected chi connectivity index (χ1v) is 6.40. The summed E-state index contributed by atoms with van der Waals surface area (Å²) in [5, 5.41) is 0.393. The number of hydrogen-bond donors (Lipinski definition) is 0. The Morgan fingerprint density at radius 2 is 1.86 bits per heavy atom. The maximum absolute atomic E-state index is 14.5. The Bertz CT molecular complexity index is 805. The summed E-state index contributed by atoms with van der Waals surface area (Å²) < 4.78 is 14.5. The number of fused-ring (bicyclic) bond motifs is 1. The van der Waals surface area contributed by atoms with Crippen LogP contribution in [-0.4, -0.2) is 22.9 Å². The maximum atomic E-state index is 14.5. The first-order chi connectivity index (χ1) is 10.2. The van der Waals surface area contributed by atoms with Crippen LogP contribution in [0.3, 0.4) is 0 Å². The largest absolute Gasteiger partial charge is 0.309 e. The molecule has 0 atom stereocenters. The van der Waals surface area contributed by atoms with E-state index in [1.165, 1.54) is 17.3 Å². The number of aromatic nitrogens is 2. The molecular formula is C16H12FN3O. The van der Waals surface area contributed by atoms with Crippen LogP contribution in [0.4, 0.5) is 10.1 Å². The number of carbonyl (C=O) groups is 1. The van der Waals surface area contributed by atoms with Crippen LogP contribution in [0.5, 0.6) is 0 Å². The zero-order valence-electron chi connectivity index (χ0n) is 11.3. The van der Waals surface area contributed by atoms with Crippen LogP contribution in [0, 0.1) is 5.82 Å². The molecule has 104 valence electrons. The molecule has 0 bridgehead atoms. The molecule has 0 aliphatic carbocycles. The molecule has 0 spiro atoms. The van der Waals surface area contributed by atoms with Crippen molar-refractivity contribution in [3.63, 3.8) is 0 Å². The van der Waals surface area contributed by atoms with Gasteiger partial charge in [0, 0.05) is 36.6 Å². The predicted molar refractivity (Wildman–Crippen MR) is 78.7 cm³/mol. The van der Waals surface area contributed by atoms with Crippen LogP contribution in [0.15, 0.2) is 55.0 Å². The molecule has 2 heterocycles. The van der Waals surface area contributed by atoms with E-state index in [2.05, 4.69) is 9.97 Å². The highest BCUT2D eigenvalue weighted by atomic mass is 19.1. The summed E-state index contributed by atoms with van der Waals surface area (Å²) in [7, 11) is 1.55. The van der Waals surface area contributed by atoms with Crippen LogP contribution < -0.4 is 4.90 Å². The third-order valence-corrected chi connectivity index (χ3v) is 3.29. The molecule has 2 aromatic heterocycles. The molecule has 1 amide bonds. The fourth-order valence-electron chi connectivity index (χ4n) is 2.16. The molecule has 0 fully saturated rings. The molecule has 21 heavy (non-hydrogen) atoms. The molecule has 0 unspecified atom stereocenters. The maximum Gasteiger partial charge on any atom is 0.258 e. The smallest absolute Gasteiger partial charge is 0.258 e. The highest BCUT2D eigenvalue weighted by molar-refractivity contribution is 6.06. The van der Waals surface area contributed by atoms with Gasteiger partial charge in [-0.25, -0.2) is 4.39 Å². The topological polar surface area (TPSA) is 46.1 Å². The number of anilines is 1. The van der Waals surface area contributed by atoms with Gasteiger partial charge in [-0.3, -0.25) is 14.8 Å². The lowest BCUT2D eigenvalue weighted by atomic mass is 10.1. The van der Waals surface area contributed by atoms with Gasteiger partial charge in [-0.2, -0.15) is 0 Å². The van der Waals surface area contributed by atoms with Crippen molar-refractivity contribution in [2.75, 3.05) is 11.9 Å². The van der Waals surface area contributed by atoms with Crippen LogP contribution in [0.1, 0.15) is 10.4 Å². The molecule has 0 N–H and O–H groups in total. The number of hydrogen-bond acceptors (Lipinski definition) is 3. The molecule has 0 aliphatic heterocycles. The number of benzene rings is 1. The van der Waals surface area contributed by atoms with Gasteiger partial charge >= 0.3 is 0 Å². The van der Waals surface area contributed by atoms with E-state index in [-0.39, 0.29) is 11.6 Å². The van der Waals surface area contributed by atoms with E-state index in [0.29, 0.717) is 16.5 Å². The number of amides is 1. The number of carbonyl (C=O) groups excluding carboxylic acids is 1. The Balaban J connectivity index is 2.04. The second kappa shape index (κ2) is 5.28. The highest BCUT2D eigenvalue weighted by Crippen LogP contribution is 2.26. The fraction of sp³-hybridized carbons (Fsp3) is 0.0625. The summed E-state index contributed by atoms with van der Waals surface area (Å²) in [6, 6.07) is 9.76. The third-order valence-electron chi connectivity index (χ3n) is 3.29. The molecule has 0 saturated carbocycles. The number of halogens is 1. The summed E-state index contributed by atoms with van der Waals surface area (Å²) in [4.78, 5) is 21.6. The second-order valence-corrected chi connectivity index (χ2v) is 4.57. The first-order valence-electron chi connectivity index (χ1n) is 6.40. The van der Waals surface area contributed by atoms with Gasteiger partial charge in [0.25, 0.3) is 5.91 Å². The average molecular weight is 281 g/mol. The van der Waals surface area contributed by atoms with Crippen molar-refractivity contribution in [2.45, 2.75) is 0 Å². The van der Waals surface area contributed by atoms with Crippen molar-refractivity contribution >= 4 is 22.5 Å². The molecule has 0 aliphatic rings. The summed E-state index contributed by atoms with van der Waals surface area (Å²) in [5.41, 5.74) is 1.24. The molecule has 0 radical (unpaired) electrons. The predicted octanol–water partition coefficient (Wildman–Crippen LogP) is 3.05. The lowest BCUT2D eigenvalue weighted by Crippen LogP contribution is -2.27. The average Bonchev–Trinajstić information content (AvgIpc) is 2.55. The van der Waals surface area contributed by atoms with Crippen LogP contribution in [0.25, 0.3) is 10.9 Å². The van der Waals surface area contributed by atoms with Crippen molar-refractivity contribution in [3.05, 3.63) is 66.4 Å². The molecule has 3 aromatic rings. The van der Waals surface area contributed by atoms with Gasteiger partial charge in [0.1, 0.15) is 0 Å². The zero-order chi connectivity index (χ0) is 14.8. The monoisotopic (exact) mass is 281 g/mol. The van der Waals surface area contributed by atoms with Gasteiger partial charge in [0.15, 0.2) is 5.82 Å². The standard InChI is InChI=1S/C16H12FN3O/c1-20(16(21)11-6-9-18-10-7-11)14-5-4-13-12(15(14)17)3-2-8-19-13/h2-10H,1H3. The van der Waals surface area contributed by atoms with Crippen molar-refractivity contribution < 1.29 is 9.18 Å². The van der Waals surface area contributed by atoms with Crippen LogP contribution in [-0.2, 0) is 0 Å². The SMILES string of the molecule is CN(C(=O)c1ccncc1)c1ccc2ncccc2c1F. The molecule has 1 aromatic carbocycles. The Labute approximate surface area is 120 Å². The van der Waals surface area contributed by atoms with Crippen LogP contribution in [0.2, 0.25) is 0 Å². The Morgan fingerprint density at radius 3 is 2.62 bits per heavy atom. The minimum atomic E-state index is -0.453. The van der Waals surface area contributed by atoms with Crippen molar-refractivity contribution in [2.24, 2.45) is 0 Å². The van der Waals surface area contributed by atoms with Gasteiger partial charge in [-0.15, -0.1) is 0 Å². The fourth-order valence-corrected chi connectivity index (χ4v) is 2.16. The molecule has 5 heteroatoms. The molecule has 4 nitrogen and oxygen atoms in total. The summed E-state index contributed by atoms with van der Waals surface area (Å²) in [5.74, 6) is -0.745. The van der Waals surface area contributed by atoms with E-state index in [4.69, 9.17) is 0 Å². The number of nitrogens with zero attached hydrogens (tertiary/aromatic N) is 3. The lowest BCUT2D eigenvalue weighted by molar-refractivity contribution is 0.0992. The minimum absolute atomic E-state index is 0.220. The van der Waals surface area contributed by atoms with E-state index >= 15 is 0 Å². The Kier molecular flexibility index (Phi) is 3.31. The molecule has 0 saturated heterocycles. The molecule has 3 rings (SSSR count). The van der Waals surface area contributed by atoms with Gasteiger partial charge in [0.2, 0.25) is 0 Å². The number of pyridine rings is 2. The summed E-state index contributed by atoms with van der Waals surface area (Å²) in [6.45, 7) is 0. The Hall–Kier alpha value is -2.82. The summed E-state index contributed by atoms with van der Waals surface area (Å²) >= 11 is 0. The lowest BCUT2D eigenvalue weighted by Gasteiger charge is -2.18. The van der Waals surface area contributed by atoms with E-state index in [1.807, 2.05) is 0 Å². The quantitative estimate of drug-likeness (QED) is 0.725. The number of rotatable bonds is 2. The van der Waals surface area contributed by atoms with E-state index < -0.39 is 5.82 Å². The molecular weight excluding hydrogens is 269 g/mol. The van der Waals surface area contributed by atoms with Crippen molar-refractivity contribution in [1.29, 1.82) is 0 Å². The van der Waals surface area contributed by atoms with E-state index in [1.54, 1.807) is 49.6 Å². The van der Waals surface area contributed by atoms with Crippen LogP contribution >= 0.6 is 0 Å². The van der Waals surface area contributed by atoms with Crippen molar-refractivity contribution in [1.82, 2.24) is 9.97 Å². The van der Waals surface area contributed by atoms with E-state index in [0.717, 1.165) is 0 Å². The van der Waals surface area contributed by atoms with E-state index in [9.17, 15) is 9.18 Å². The minimum Gasteiger partial charge on any atom is -0.309 e. The zero-order valence-corrected chi connectivity index (χ0v) is 11.3. The Morgan fingerprint density at radius 1 is 1.10 bits per heavy atom.